The Labute approximate surface area is 125 Å². The van der Waals surface area contributed by atoms with Crippen molar-refractivity contribution in [3.05, 3.63) is 47.8 Å². The summed E-state index contributed by atoms with van der Waals surface area (Å²) in [7, 11) is 0. The van der Waals surface area contributed by atoms with Gasteiger partial charge in [-0.1, -0.05) is 30.3 Å². The topological polar surface area (TPSA) is 54.3 Å². The van der Waals surface area contributed by atoms with Gasteiger partial charge in [-0.3, -0.25) is 4.90 Å². The van der Waals surface area contributed by atoms with Crippen molar-refractivity contribution in [2.24, 2.45) is 5.73 Å². The van der Waals surface area contributed by atoms with E-state index in [0.717, 1.165) is 38.5 Å². The molecule has 112 valence electrons. The lowest BCUT2D eigenvalue weighted by Crippen LogP contribution is -2.35. The molecule has 1 aromatic carbocycles. The first-order valence-electron chi connectivity index (χ1n) is 7.57. The molecule has 1 fully saturated rings. The van der Waals surface area contributed by atoms with Gasteiger partial charge >= 0.3 is 0 Å². The Bertz CT molecular complexity index is 571. The first-order chi connectivity index (χ1) is 10.2. The highest BCUT2D eigenvalue weighted by atomic mass is 16.5. The average molecular weight is 285 g/mol. The van der Waals surface area contributed by atoms with Crippen LogP contribution in [-0.2, 0) is 11.3 Å². The highest BCUT2D eigenvalue weighted by molar-refractivity contribution is 5.67. The molecule has 1 saturated heterocycles. The van der Waals surface area contributed by atoms with Gasteiger partial charge in [0.2, 0.25) is 0 Å². The maximum absolute atomic E-state index is 6.13. The smallest absolute Gasteiger partial charge is 0.0594 e. The number of hydrogen-bond acceptors (Lipinski definition) is 3. The van der Waals surface area contributed by atoms with E-state index in [1.54, 1.807) is 0 Å². The number of hydrogen-bond donors (Lipinski definition) is 2. The van der Waals surface area contributed by atoms with Gasteiger partial charge in [0.25, 0.3) is 0 Å². The molecule has 4 heteroatoms. The summed E-state index contributed by atoms with van der Waals surface area (Å²) in [6.07, 6.45) is 0. The molecular formula is C17H23N3O. The molecule has 1 aliphatic heterocycles. The van der Waals surface area contributed by atoms with E-state index in [1.165, 1.54) is 16.8 Å². The average Bonchev–Trinajstić information content (AvgIpc) is 2.93. The van der Waals surface area contributed by atoms with Crippen molar-refractivity contribution in [1.29, 1.82) is 0 Å². The van der Waals surface area contributed by atoms with Crippen LogP contribution in [0.5, 0.6) is 0 Å². The highest BCUT2D eigenvalue weighted by Gasteiger charge is 2.16. The Hall–Kier alpha value is -1.62. The van der Waals surface area contributed by atoms with E-state index >= 15 is 0 Å². The van der Waals surface area contributed by atoms with E-state index in [1.807, 2.05) is 13.0 Å². The van der Waals surface area contributed by atoms with Crippen LogP contribution < -0.4 is 5.73 Å². The van der Waals surface area contributed by atoms with Gasteiger partial charge in [0.05, 0.1) is 13.2 Å². The maximum atomic E-state index is 6.13. The fourth-order valence-electron chi connectivity index (χ4n) is 2.83. The van der Waals surface area contributed by atoms with E-state index < -0.39 is 0 Å². The number of aromatic nitrogens is 1. The van der Waals surface area contributed by atoms with Crippen LogP contribution in [0.1, 0.15) is 24.4 Å². The molecule has 0 unspecified atom stereocenters. The maximum Gasteiger partial charge on any atom is 0.0594 e. The van der Waals surface area contributed by atoms with Gasteiger partial charge in [0, 0.05) is 42.6 Å². The summed E-state index contributed by atoms with van der Waals surface area (Å²) in [6, 6.07) is 12.7. The minimum atomic E-state index is -0.00125. The summed E-state index contributed by atoms with van der Waals surface area (Å²) >= 11 is 0. The standard InChI is InChI=1S/C17H23N3O/c1-13(18)17-16(14-5-3-2-4-6-14)11-15(19-17)12-20-7-9-21-10-8-20/h2-6,11,13,19H,7-10,12,18H2,1H3/t13-/m0/s1. The van der Waals surface area contributed by atoms with Crippen molar-refractivity contribution in [2.75, 3.05) is 26.3 Å². The zero-order valence-electron chi connectivity index (χ0n) is 12.5. The molecule has 1 aliphatic rings. The second kappa shape index (κ2) is 6.43. The van der Waals surface area contributed by atoms with Crippen molar-refractivity contribution in [3.63, 3.8) is 0 Å². The normalized spacial score (nSPS) is 17.8. The number of nitrogens with zero attached hydrogens (tertiary/aromatic N) is 1. The van der Waals surface area contributed by atoms with Crippen molar-refractivity contribution in [1.82, 2.24) is 9.88 Å². The lowest BCUT2D eigenvalue weighted by Gasteiger charge is -2.25. The number of nitrogens with two attached hydrogens (primary N) is 1. The summed E-state index contributed by atoms with van der Waals surface area (Å²) in [5.41, 5.74) is 10.9. The van der Waals surface area contributed by atoms with Crippen LogP contribution in [0.15, 0.2) is 36.4 Å². The molecule has 2 heterocycles. The minimum absolute atomic E-state index is 0.00125. The van der Waals surface area contributed by atoms with E-state index in [4.69, 9.17) is 10.5 Å². The second-order valence-corrected chi connectivity index (χ2v) is 5.67. The zero-order valence-corrected chi connectivity index (χ0v) is 12.5. The molecule has 21 heavy (non-hydrogen) atoms. The predicted octanol–water partition coefficient (Wildman–Crippen LogP) is 2.53. The summed E-state index contributed by atoms with van der Waals surface area (Å²) < 4.78 is 5.40. The minimum Gasteiger partial charge on any atom is -0.379 e. The molecule has 0 bridgehead atoms. The molecule has 0 spiro atoms. The Morgan fingerprint density at radius 1 is 1.24 bits per heavy atom. The quantitative estimate of drug-likeness (QED) is 0.907. The van der Waals surface area contributed by atoms with Crippen molar-refractivity contribution >= 4 is 0 Å². The van der Waals surface area contributed by atoms with Crippen molar-refractivity contribution in [3.8, 4) is 11.1 Å². The van der Waals surface area contributed by atoms with Gasteiger partial charge in [-0.2, -0.15) is 0 Å². The molecule has 2 aromatic rings. The lowest BCUT2D eigenvalue weighted by atomic mass is 10.0. The van der Waals surface area contributed by atoms with E-state index in [9.17, 15) is 0 Å². The molecular weight excluding hydrogens is 262 g/mol. The summed E-state index contributed by atoms with van der Waals surface area (Å²) in [6.45, 7) is 6.59. The molecule has 0 radical (unpaired) electrons. The Morgan fingerprint density at radius 3 is 2.62 bits per heavy atom. The van der Waals surface area contributed by atoms with Gasteiger partial charge in [-0.15, -0.1) is 0 Å². The van der Waals surface area contributed by atoms with Crippen LogP contribution in [0.3, 0.4) is 0 Å². The molecule has 1 aromatic heterocycles. The number of rotatable bonds is 4. The van der Waals surface area contributed by atoms with Crippen LogP contribution >= 0.6 is 0 Å². The van der Waals surface area contributed by atoms with Crippen LogP contribution in [0.2, 0.25) is 0 Å². The van der Waals surface area contributed by atoms with Gasteiger partial charge in [-0.25, -0.2) is 0 Å². The van der Waals surface area contributed by atoms with Crippen molar-refractivity contribution < 1.29 is 4.74 Å². The Kier molecular flexibility index (Phi) is 4.39. The first-order valence-corrected chi connectivity index (χ1v) is 7.57. The SMILES string of the molecule is C[C@H](N)c1[nH]c(CN2CCOCC2)cc1-c1ccccc1. The summed E-state index contributed by atoms with van der Waals surface area (Å²) in [4.78, 5) is 5.93. The highest BCUT2D eigenvalue weighted by Crippen LogP contribution is 2.28. The molecule has 0 aliphatic carbocycles. The molecule has 1 atom stereocenters. The molecule has 4 nitrogen and oxygen atoms in total. The number of morpholine rings is 1. The number of benzene rings is 1. The third-order valence-electron chi connectivity index (χ3n) is 3.94. The van der Waals surface area contributed by atoms with Crippen LogP contribution in [0, 0.1) is 0 Å². The monoisotopic (exact) mass is 285 g/mol. The molecule has 3 rings (SSSR count). The second-order valence-electron chi connectivity index (χ2n) is 5.67. The third kappa shape index (κ3) is 3.35. The number of aromatic amines is 1. The van der Waals surface area contributed by atoms with E-state index in [0.29, 0.717) is 0 Å². The Morgan fingerprint density at radius 2 is 1.95 bits per heavy atom. The van der Waals surface area contributed by atoms with Crippen LogP contribution in [-0.4, -0.2) is 36.2 Å². The van der Waals surface area contributed by atoms with E-state index in [2.05, 4.69) is 40.2 Å². The fourth-order valence-corrected chi connectivity index (χ4v) is 2.83. The molecule has 0 saturated carbocycles. The summed E-state index contributed by atoms with van der Waals surface area (Å²) in [5, 5.41) is 0. The van der Waals surface area contributed by atoms with Crippen LogP contribution in [0.25, 0.3) is 11.1 Å². The molecule has 0 amide bonds. The largest absolute Gasteiger partial charge is 0.379 e. The van der Waals surface area contributed by atoms with Crippen molar-refractivity contribution in [2.45, 2.75) is 19.5 Å². The van der Waals surface area contributed by atoms with Gasteiger partial charge < -0.3 is 15.5 Å². The zero-order chi connectivity index (χ0) is 14.7. The number of nitrogens with one attached hydrogen (secondary N) is 1. The first kappa shape index (κ1) is 14.3. The fraction of sp³-hybridized carbons (Fsp3) is 0.412. The lowest BCUT2D eigenvalue weighted by molar-refractivity contribution is 0.0337. The van der Waals surface area contributed by atoms with Crippen LogP contribution in [0.4, 0.5) is 0 Å². The molecule has 3 N–H and O–H groups in total. The van der Waals surface area contributed by atoms with E-state index in [-0.39, 0.29) is 6.04 Å². The van der Waals surface area contributed by atoms with Gasteiger partial charge in [0.1, 0.15) is 0 Å². The number of H-pyrrole nitrogens is 1. The van der Waals surface area contributed by atoms with Gasteiger partial charge in [-0.05, 0) is 18.6 Å². The Balaban J connectivity index is 1.86. The predicted molar refractivity (Wildman–Crippen MR) is 84.9 cm³/mol. The van der Waals surface area contributed by atoms with Gasteiger partial charge in [0.15, 0.2) is 0 Å². The summed E-state index contributed by atoms with van der Waals surface area (Å²) in [5.74, 6) is 0. The third-order valence-corrected chi connectivity index (χ3v) is 3.94. The number of ether oxygens (including phenoxy) is 1.